The molecule has 0 aliphatic rings. The van der Waals surface area contributed by atoms with Crippen LogP contribution in [0.1, 0.15) is 17.0 Å². The van der Waals surface area contributed by atoms with Crippen LogP contribution in [0.25, 0.3) is 6.08 Å². The highest BCUT2D eigenvalue weighted by atomic mass is 79.9. The van der Waals surface area contributed by atoms with E-state index in [4.69, 9.17) is 11.6 Å². The number of thioether (sulfide) groups is 1. The van der Waals surface area contributed by atoms with Crippen LogP contribution in [0.3, 0.4) is 0 Å². The van der Waals surface area contributed by atoms with E-state index in [1.165, 1.54) is 17.8 Å². The Labute approximate surface area is 203 Å². The number of nitrogens with one attached hydrogen (secondary N) is 2. The van der Waals surface area contributed by atoms with Crippen molar-refractivity contribution in [3.63, 3.8) is 0 Å². The fourth-order valence-corrected chi connectivity index (χ4v) is 4.11. The Balaban J connectivity index is 1.50. The Morgan fingerprint density at radius 1 is 1.22 bits per heavy atom. The first-order valence-corrected chi connectivity index (χ1v) is 11.8. The second-order valence-electron chi connectivity index (χ2n) is 6.83. The van der Waals surface area contributed by atoms with E-state index >= 15 is 0 Å². The summed E-state index contributed by atoms with van der Waals surface area (Å²) in [6.45, 7) is 2.14. The molecule has 0 aliphatic carbocycles. The van der Waals surface area contributed by atoms with Crippen LogP contribution in [0.4, 0.5) is 5.69 Å². The van der Waals surface area contributed by atoms with Crippen molar-refractivity contribution in [1.29, 1.82) is 0 Å². The molecule has 0 fully saturated rings. The molecule has 166 valence electrons. The molecular formula is C22H21BrClN5O2S. The summed E-state index contributed by atoms with van der Waals surface area (Å²) in [5.74, 6) is 0.361. The van der Waals surface area contributed by atoms with E-state index in [9.17, 15) is 9.59 Å². The number of benzene rings is 2. The van der Waals surface area contributed by atoms with Crippen LogP contribution >= 0.6 is 39.3 Å². The SMILES string of the molecule is Cc1cc(Br)ccc1NC(=O)CSc1nnc(CNC(=O)/C=C/c2ccccc2Cl)n1C. The van der Waals surface area contributed by atoms with Gasteiger partial charge in [-0.3, -0.25) is 9.59 Å². The molecule has 2 N–H and O–H groups in total. The molecule has 0 unspecified atom stereocenters. The number of amides is 2. The Morgan fingerprint density at radius 3 is 2.75 bits per heavy atom. The second-order valence-corrected chi connectivity index (χ2v) is 9.09. The topological polar surface area (TPSA) is 88.9 Å². The van der Waals surface area contributed by atoms with Crippen LogP contribution in [0.5, 0.6) is 0 Å². The molecule has 3 rings (SSSR count). The lowest BCUT2D eigenvalue weighted by atomic mass is 10.2. The normalized spacial score (nSPS) is 11.0. The van der Waals surface area contributed by atoms with Crippen molar-refractivity contribution in [1.82, 2.24) is 20.1 Å². The number of hydrogen-bond acceptors (Lipinski definition) is 5. The number of nitrogens with zero attached hydrogens (tertiary/aromatic N) is 3. The summed E-state index contributed by atoms with van der Waals surface area (Å²) in [6.07, 6.45) is 3.07. The molecule has 0 atom stereocenters. The van der Waals surface area contributed by atoms with Gasteiger partial charge in [0.05, 0.1) is 12.3 Å². The number of carbonyl (C=O) groups excluding carboxylic acids is 2. The maximum absolute atomic E-state index is 12.3. The largest absolute Gasteiger partial charge is 0.345 e. The minimum absolute atomic E-state index is 0.136. The average molecular weight is 535 g/mol. The van der Waals surface area contributed by atoms with Gasteiger partial charge in [-0.15, -0.1) is 10.2 Å². The molecule has 0 spiro atoms. The van der Waals surface area contributed by atoms with Crippen molar-refractivity contribution in [2.45, 2.75) is 18.6 Å². The molecule has 32 heavy (non-hydrogen) atoms. The Kier molecular flexibility index (Phi) is 8.49. The van der Waals surface area contributed by atoms with Gasteiger partial charge in [-0.2, -0.15) is 0 Å². The van der Waals surface area contributed by atoms with Gasteiger partial charge in [-0.25, -0.2) is 0 Å². The molecule has 3 aromatic rings. The first kappa shape index (κ1) is 24.0. The standard InChI is InChI=1S/C22H21BrClN5O2S/c1-14-11-16(23)8-9-18(14)26-21(31)13-32-22-28-27-19(29(22)2)12-25-20(30)10-7-15-5-3-4-6-17(15)24/h3-11H,12-13H2,1-2H3,(H,25,30)(H,26,31)/b10-7+. The highest BCUT2D eigenvalue weighted by molar-refractivity contribution is 9.10. The molecule has 0 bridgehead atoms. The summed E-state index contributed by atoms with van der Waals surface area (Å²) in [5.41, 5.74) is 2.50. The van der Waals surface area contributed by atoms with E-state index in [2.05, 4.69) is 36.8 Å². The van der Waals surface area contributed by atoms with Gasteiger partial charge in [0.2, 0.25) is 11.8 Å². The predicted octanol–water partition coefficient (Wildman–Crippen LogP) is 4.60. The third-order valence-electron chi connectivity index (χ3n) is 4.46. The van der Waals surface area contributed by atoms with Crippen molar-refractivity contribution in [2.75, 3.05) is 11.1 Å². The first-order chi connectivity index (χ1) is 15.3. The fraction of sp³-hybridized carbons (Fsp3) is 0.182. The van der Waals surface area contributed by atoms with Crippen molar-refractivity contribution in [3.05, 3.63) is 75.0 Å². The van der Waals surface area contributed by atoms with Crippen molar-refractivity contribution < 1.29 is 9.59 Å². The van der Waals surface area contributed by atoms with E-state index in [0.29, 0.717) is 16.0 Å². The third-order valence-corrected chi connectivity index (χ3v) is 6.32. The summed E-state index contributed by atoms with van der Waals surface area (Å²) in [6, 6.07) is 12.9. The van der Waals surface area contributed by atoms with Crippen LogP contribution < -0.4 is 10.6 Å². The minimum atomic E-state index is -0.272. The Hall–Kier alpha value is -2.62. The fourth-order valence-electron chi connectivity index (χ4n) is 2.71. The molecule has 7 nitrogen and oxygen atoms in total. The van der Waals surface area contributed by atoms with Gasteiger partial charge in [-0.05, 0) is 48.4 Å². The van der Waals surface area contributed by atoms with E-state index < -0.39 is 0 Å². The zero-order valence-corrected chi connectivity index (χ0v) is 20.6. The van der Waals surface area contributed by atoms with Crippen LogP contribution in [-0.2, 0) is 23.2 Å². The quantitative estimate of drug-likeness (QED) is 0.326. The molecule has 2 amide bonds. The van der Waals surface area contributed by atoms with Crippen molar-refractivity contribution in [3.8, 4) is 0 Å². The molecular weight excluding hydrogens is 514 g/mol. The molecule has 10 heteroatoms. The first-order valence-electron chi connectivity index (χ1n) is 9.61. The number of anilines is 1. The van der Waals surface area contributed by atoms with Gasteiger partial charge < -0.3 is 15.2 Å². The number of aromatic nitrogens is 3. The zero-order valence-electron chi connectivity index (χ0n) is 17.4. The lowest BCUT2D eigenvalue weighted by molar-refractivity contribution is -0.116. The lowest BCUT2D eigenvalue weighted by Crippen LogP contribution is -2.22. The summed E-state index contributed by atoms with van der Waals surface area (Å²) in [7, 11) is 1.79. The van der Waals surface area contributed by atoms with E-state index in [1.807, 2.05) is 43.3 Å². The van der Waals surface area contributed by atoms with E-state index in [1.54, 1.807) is 23.8 Å². The van der Waals surface area contributed by atoms with Crippen LogP contribution in [-0.4, -0.2) is 32.3 Å². The molecule has 1 aromatic heterocycles. The zero-order chi connectivity index (χ0) is 23.1. The van der Waals surface area contributed by atoms with Crippen LogP contribution in [0, 0.1) is 6.92 Å². The van der Waals surface area contributed by atoms with Gasteiger partial charge >= 0.3 is 0 Å². The van der Waals surface area contributed by atoms with E-state index in [-0.39, 0.29) is 24.1 Å². The maximum atomic E-state index is 12.3. The Morgan fingerprint density at radius 2 is 2.00 bits per heavy atom. The van der Waals surface area contributed by atoms with Gasteiger partial charge in [-0.1, -0.05) is 57.5 Å². The summed E-state index contributed by atoms with van der Waals surface area (Å²) in [4.78, 5) is 24.4. The number of rotatable bonds is 8. The molecule has 0 saturated carbocycles. The monoisotopic (exact) mass is 533 g/mol. The minimum Gasteiger partial charge on any atom is -0.345 e. The Bertz CT molecular complexity index is 1160. The van der Waals surface area contributed by atoms with E-state index in [0.717, 1.165) is 21.3 Å². The summed E-state index contributed by atoms with van der Waals surface area (Å²) < 4.78 is 2.71. The lowest BCUT2D eigenvalue weighted by Gasteiger charge is -2.08. The predicted molar refractivity (Wildman–Crippen MR) is 132 cm³/mol. The van der Waals surface area contributed by atoms with Gasteiger partial charge in [0, 0.05) is 28.3 Å². The maximum Gasteiger partial charge on any atom is 0.244 e. The molecule has 0 aliphatic heterocycles. The average Bonchev–Trinajstić information content (AvgIpc) is 3.11. The van der Waals surface area contributed by atoms with Gasteiger partial charge in [0.1, 0.15) is 0 Å². The summed E-state index contributed by atoms with van der Waals surface area (Å²) >= 11 is 10.8. The second kappa shape index (κ2) is 11.3. The number of hydrogen-bond donors (Lipinski definition) is 2. The van der Waals surface area contributed by atoms with Gasteiger partial charge in [0.25, 0.3) is 0 Å². The van der Waals surface area contributed by atoms with Crippen LogP contribution in [0.15, 0.2) is 58.2 Å². The smallest absolute Gasteiger partial charge is 0.244 e. The molecule has 0 saturated heterocycles. The number of aryl methyl sites for hydroxylation is 1. The van der Waals surface area contributed by atoms with Crippen LogP contribution in [0.2, 0.25) is 5.02 Å². The highest BCUT2D eigenvalue weighted by Crippen LogP contribution is 2.21. The van der Waals surface area contributed by atoms with Crippen molar-refractivity contribution in [2.24, 2.45) is 7.05 Å². The summed E-state index contributed by atoms with van der Waals surface area (Å²) in [5, 5.41) is 15.0. The third kappa shape index (κ3) is 6.69. The molecule has 0 radical (unpaired) electrons. The molecule has 2 aromatic carbocycles. The number of carbonyl (C=O) groups is 2. The highest BCUT2D eigenvalue weighted by Gasteiger charge is 2.13. The number of halogens is 2. The molecule has 1 heterocycles. The van der Waals surface area contributed by atoms with Gasteiger partial charge in [0.15, 0.2) is 11.0 Å². The van der Waals surface area contributed by atoms with Crippen molar-refractivity contribution >= 4 is 62.9 Å².